The predicted molar refractivity (Wildman–Crippen MR) is 126 cm³/mol. The van der Waals surface area contributed by atoms with Gasteiger partial charge in [-0.1, -0.05) is 12.1 Å². The van der Waals surface area contributed by atoms with E-state index in [2.05, 4.69) is 34.7 Å². The molecule has 3 N–H and O–H groups in total. The minimum absolute atomic E-state index is 0.393. The smallest absolute Gasteiger partial charge is 0.412 e. The number of guanidine groups is 1. The highest BCUT2D eigenvalue weighted by molar-refractivity contribution is 5.84. The van der Waals surface area contributed by atoms with Gasteiger partial charge in [0.2, 0.25) is 0 Å². The van der Waals surface area contributed by atoms with Gasteiger partial charge < -0.3 is 20.1 Å². The predicted octanol–water partition coefficient (Wildman–Crippen LogP) is 2.85. The molecule has 1 aliphatic heterocycles. The highest BCUT2D eigenvalue weighted by atomic mass is 16.6. The van der Waals surface area contributed by atoms with Crippen molar-refractivity contribution in [3.63, 3.8) is 0 Å². The van der Waals surface area contributed by atoms with Crippen molar-refractivity contribution in [2.75, 3.05) is 51.3 Å². The molecular weight excluding hydrogens is 394 g/mol. The Labute approximate surface area is 186 Å². The van der Waals surface area contributed by atoms with Crippen LogP contribution in [-0.4, -0.2) is 74.5 Å². The Bertz CT molecular complexity index is 694. The summed E-state index contributed by atoms with van der Waals surface area (Å²) in [5.41, 5.74) is 1.39. The Kier molecular flexibility index (Phi) is 10.1. The van der Waals surface area contributed by atoms with Crippen LogP contribution in [0.15, 0.2) is 29.3 Å². The van der Waals surface area contributed by atoms with Crippen molar-refractivity contribution in [1.29, 1.82) is 0 Å². The summed E-state index contributed by atoms with van der Waals surface area (Å²) in [5, 5.41) is 9.47. The fourth-order valence-corrected chi connectivity index (χ4v) is 3.20. The van der Waals surface area contributed by atoms with E-state index < -0.39 is 11.7 Å². The van der Waals surface area contributed by atoms with Gasteiger partial charge in [0.15, 0.2) is 5.96 Å². The summed E-state index contributed by atoms with van der Waals surface area (Å²) in [5.74, 6) is 0.839. The zero-order valence-corrected chi connectivity index (χ0v) is 19.7. The molecule has 0 radical (unpaired) electrons. The Balaban J connectivity index is 1.77. The maximum atomic E-state index is 11.9. The van der Waals surface area contributed by atoms with Gasteiger partial charge in [-0.2, -0.15) is 0 Å². The lowest BCUT2D eigenvalue weighted by molar-refractivity contribution is 0.0220. The number of aliphatic imine (C=N–C) groups is 1. The number of ether oxygens (including phenoxy) is 2. The first-order valence-electron chi connectivity index (χ1n) is 11.2. The number of nitrogens with one attached hydrogen (secondary N) is 3. The van der Waals surface area contributed by atoms with Crippen LogP contribution >= 0.6 is 0 Å². The van der Waals surface area contributed by atoms with E-state index in [0.29, 0.717) is 6.04 Å². The molecule has 0 aliphatic carbocycles. The Morgan fingerprint density at radius 3 is 2.48 bits per heavy atom. The summed E-state index contributed by atoms with van der Waals surface area (Å²) >= 11 is 0. The summed E-state index contributed by atoms with van der Waals surface area (Å²) in [6, 6.07) is 8.20. The molecule has 0 saturated carbocycles. The monoisotopic (exact) mass is 433 g/mol. The van der Waals surface area contributed by atoms with Gasteiger partial charge in [0.1, 0.15) is 5.60 Å². The average Bonchev–Trinajstić information content (AvgIpc) is 2.72. The average molecular weight is 434 g/mol. The number of carbonyl (C=O) groups excluding carboxylic acids is 1. The molecule has 0 bridgehead atoms. The van der Waals surface area contributed by atoms with Gasteiger partial charge in [-0.15, -0.1) is 0 Å². The molecule has 1 atom stereocenters. The van der Waals surface area contributed by atoms with Gasteiger partial charge in [0.25, 0.3) is 0 Å². The number of carbonyl (C=O) groups is 1. The number of benzene rings is 1. The van der Waals surface area contributed by atoms with Crippen LogP contribution in [0.2, 0.25) is 0 Å². The molecule has 174 valence electrons. The van der Waals surface area contributed by atoms with Crippen LogP contribution in [-0.2, 0) is 15.9 Å². The molecule has 1 aromatic rings. The van der Waals surface area contributed by atoms with Crippen LogP contribution < -0.4 is 16.0 Å². The minimum Gasteiger partial charge on any atom is -0.444 e. The summed E-state index contributed by atoms with van der Waals surface area (Å²) < 4.78 is 10.7. The number of hydrogen-bond donors (Lipinski definition) is 3. The van der Waals surface area contributed by atoms with Crippen molar-refractivity contribution in [1.82, 2.24) is 15.5 Å². The molecule has 2 rings (SSSR count). The fourth-order valence-electron chi connectivity index (χ4n) is 3.20. The SMILES string of the molecule is CCNC(=NCC(C)N1CCOCC1)NCCc1ccc(NC(=O)OC(C)(C)C)cc1. The van der Waals surface area contributed by atoms with E-state index >= 15 is 0 Å². The van der Waals surface area contributed by atoms with Crippen molar-refractivity contribution in [3.05, 3.63) is 29.8 Å². The summed E-state index contributed by atoms with van der Waals surface area (Å²) in [4.78, 5) is 19.0. The molecule has 31 heavy (non-hydrogen) atoms. The first kappa shape index (κ1) is 24.9. The van der Waals surface area contributed by atoms with E-state index in [-0.39, 0.29) is 0 Å². The molecule has 1 heterocycles. The standard InChI is InChI=1S/C23H39N5O3/c1-6-24-21(26-17-18(2)28-13-15-30-16-14-28)25-12-11-19-7-9-20(10-8-19)27-22(29)31-23(3,4)5/h7-10,18H,6,11-17H2,1-5H3,(H,27,29)(H2,24,25,26). The van der Waals surface area contributed by atoms with Crippen molar-refractivity contribution in [3.8, 4) is 0 Å². The molecule has 8 nitrogen and oxygen atoms in total. The van der Waals surface area contributed by atoms with Crippen molar-refractivity contribution >= 4 is 17.7 Å². The van der Waals surface area contributed by atoms with Gasteiger partial charge in [-0.25, -0.2) is 4.79 Å². The summed E-state index contributed by atoms with van der Waals surface area (Å²) in [6.07, 6.45) is 0.413. The highest BCUT2D eigenvalue weighted by Crippen LogP contribution is 2.13. The highest BCUT2D eigenvalue weighted by Gasteiger charge is 2.17. The maximum absolute atomic E-state index is 11.9. The Hall–Kier alpha value is -2.32. The number of anilines is 1. The quantitative estimate of drug-likeness (QED) is 0.432. The van der Waals surface area contributed by atoms with E-state index in [4.69, 9.17) is 14.5 Å². The fraction of sp³-hybridized carbons (Fsp3) is 0.652. The van der Waals surface area contributed by atoms with Gasteiger partial charge in [0.05, 0.1) is 19.8 Å². The lowest BCUT2D eigenvalue weighted by Crippen LogP contribution is -2.44. The summed E-state index contributed by atoms with van der Waals surface area (Å²) in [7, 11) is 0. The maximum Gasteiger partial charge on any atom is 0.412 e. The lowest BCUT2D eigenvalue weighted by Gasteiger charge is -2.31. The largest absolute Gasteiger partial charge is 0.444 e. The van der Waals surface area contributed by atoms with Crippen LogP contribution in [0.1, 0.15) is 40.2 Å². The second-order valence-corrected chi connectivity index (χ2v) is 8.72. The van der Waals surface area contributed by atoms with E-state index in [1.165, 1.54) is 5.56 Å². The third kappa shape index (κ3) is 10.0. The zero-order chi connectivity index (χ0) is 22.7. The zero-order valence-electron chi connectivity index (χ0n) is 19.7. The molecular formula is C23H39N5O3. The third-order valence-electron chi connectivity index (χ3n) is 4.83. The number of amides is 1. The normalized spacial score (nSPS) is 16.5. The molecule has 1 amide bonds. The first-order valence-corrected chi connectivity index (χ1v) is 11.2. The van der Waals surface area contributed by atoms with Gasteiger partial charge >= 0.3 is 6.09 Å². The van der Waals surface area contributed by atoms with Crippen LogP contribution in [0.25, 0.3) is 0 Å². The van der Waals surface area contributed by atoms with Crippen molar-refractivity contribution < 1.29 is 14.3 Å². The van der Waals surface area contributed by atoms with Gasteiger partial charge in [-0.3, -0.25) is 15.2 Å². The molecule has 8 heteroatoms. The summed E-state index contributed by atoms with van der Waals surface area (Å²) in [6.45, 7) is 15.7. The first-order chi connectivity index (χ1) is 14.8. The number of rotatable bonds is 8. The number of morpholine rings is 1. The Morgan fingerprint density at radius 2 is 1.87 bits per heavy atom. The van der Waals surface area contributed by atoms with Crippen LogP contribution in [0.5, 0.6) is 0 Å². The number of hydrogen-bond acceptors (Lipinski definition) is 5. The number of nitrogens with zero attached hydrogens (tertiary/aromatic N) is 2. The van der Waals surface area contributed by atoms with Crippen LogP contribution in [0.3, 0.4) is 0 Å². The second-order valence-electron chi connectivity index (χ2n) is 8.72. The topological polar surface area (TPSA) is 87.2 Å². The van der Waals surface area contributed by atoms with Gasteiger partial charge in [0, 0.05) is 37.9 Å². The van der Waals surface area contributed by atoms with E-state index in [0.717, 1.165) is 64.0 Å². The van der Waals surface area contributed by atoms with Crippen molar-refractivity contribution in [2.24, 2.45) is 4.99 Å². The second kappa shape index (κ2) is 12.5. The van der Waals surface area contributed by atoms with Crippen molar-refractivity contribution in [2.45, 2.75) is 52.7 Å². The molecule has 0 spiro atoms. The third-order valence-corrected chi connectivity index (χ3v) is 4.83. The molecule has 1 fully saturated rings. The minimum atomic E-state index is -0.512. The van der Waals surface area contributed by atoms with Crippen LogP contribution in [0.4, 0.5) is 10.5 Å². The molecule has 0 aromatic heterocycles. The van der Waals surface area contributed by atoms with Gasteiger partial charge in [-0.05, 0) is 58.7 Å². The van der Waals surface area contributed by atoms with E-state index in [1.807, 2.05) is 45.0 Å². The molecule has 1 unspecified atom stereocenters. The molecule has 1 saturated heterocycles. The van der Waals surface area contributed by atoms with E-state index in [1.54, 1.807) is 0 Å². The Morgan fingerprint density at radius 1 is 1.19 bits per heavy atom. The van der Waals surface area contributed by atoms with E-state index in [9.17, 15) is 4.79 Å². The van der Waals surface area contributed by atoms with Crippen LogP contribution in [0, 0.1) is 0 Å². The lowest BCUT2D eigenvalue weighted by atomic mass is 10.1. The molecule has 1 aliphatic rings. The molecule has 1 aromatic carbocycles.